The molecule has 0 spiro atoms. The number of allylic oxidation sites excluding steroid dienone is 4. The predicted molar refractivity (Wildman–Crippen MR) is 245 cm³/mol. The van der Waals surface area contributed by atoms with Crippen molar-refractivity contribution in [3.63, 3.8) is 0 Å². The van der Waals surface area contributed by atoms with Crippen molar-refractivity contribution in [1.29, 1.82) is 0 Å². The molecule has 60 heavy (non-hydrogen) atoms. The van der Waals surface area contributed by atoms with Crippen LogP contribution in [0, 0.1) is 0 Å². The van der Waals surface area contributed by atoms with E-state index in [0.29, 0.717) is 12.8 Å². The molecule has 0 bridgehead atoms. The van der Waals surface area contributed by atoms with E-state index in [2.05, 4.69) is 42.7 Å². The van der Waals surface area contributed by atoms with Gasteiger partial charge in [0.15, 0.2) is 6.10 Å². The van der Waals surface area contributed by atoms with Gasteiger partial charge in [-0.25, -0.2) is 4.57 Å². The Bertz CT molecular complexity index is 1120. The normalized spacial score (nSPS) is 13.8. The Kier molecular flexibility index (Phi) is 42.1. The fourth-order valence-electron chi connectivity index (χ4n) is 6.82. The predicted octanol–water partition coefficient (Wildman–Crippen LogP) is 13.4. The zero-order valence-electron chi connectivity index (χ0n) is 38.3. The van der Waals surface area contributed by atoms with Crippen molar-refractivity contribution < 1.29 is 47.5 Å². The Morgan fingerprint density at radius 2 is 0.833 bits per heavy atom. The fourth-order valence-corrected chi connectivity index (χ4v) is 7.60. The van der Waals surface area contributed by atoms with Crippen LogP contribution in [-0.4, -0.2) is 59.9 Å². The van der Waals surface area contributed by atoms with Crippen molar-refractivity contribution in [2.45, 2.75) is 244 Å². The molecule has 0 heterocycles. The van der Waals surface area contributed by atoms with Crippen LogP contribution in [0.3, 0.4) is 0 Å². The van der Waals surface area contributed by atoms with Gasteiger partial charge in [-0.15, -0.1) is 0 Å². The molecule has 0 aliphatic carbocycles. The van der Waals surface area contributed by atoms with Crippen molar-refractivity contribution in [2.24, 2.45) is 5.73 Å². The highest BCUT2D eigenvalue weighted by Crippen LogP contribution is 2.43. The summed E-state index contributed by atoms with van der Waals surface area (Å²) in [7, 11) is -4.72. The minimum Gasteiger partial charge on any atom is -0.480 e. The minimum atomic E-state index is -4.72. The monoisotopic (exact) mass is 872 g/mol. The summed E-state index contributed by atoms with van der Waals surface area (Å²) >= 11 is 0. The van der Waals surface area contributed by atoms with Gasteiger partial charge in [0.05, 0.1) is 13.2 Å². The van der Waals surface area contributed by atoms with E-state index in [1.165, 1.54) is 148 Å². The summed E-state index contributed by atoms with van der Waals surface area (Å²) in [5, 5.41) is 8.91. The van der Waals surface area contributed by atoms with E-state index in [4.69, 9.17) is 24.8 Å². The molecule has 0 aliphatic rings. The first-order chi connectivity index (χ1) is 29.1. The van der Waals surface area contributed by atoms with Gasteiger partial charge in [-0.05, 0) is 64.2 Å². The standard InChI is InChI=1S/C48H90NO10P/c1-3-5-7-9-11-13-15-17-19-21-22-24-26-28-30-32-34-36-38-40-47(51)59-44(42-57-60(54,55)58-43-45(49)48(52)53)41-56-46(50)39-37-35-33-31-29-27-25-23-20-18-16-14-12-10-8-6-4-2/h17-20,44-45H,3-16,21-43,49H2,1-2H3,(H,52,53)(H,54,55)/b19-17-,20-18-. The summed E-state index contributed by atoms with van der Waals surface area (Å²) < 4.78 is 32.8. The lowest BCUT2D eigenvalue weighted by molar-refractivity contribution is -0.161. The number of carbonyl (C=O) groups is 3. The Balaban J connectivity index is 4.28. The lowest BCUT2D eigenvalue weighted by atomic mass is 10.1. The van der Waals surface area contributed by atoms with E-state index in [-0.39, 0.29) is 19.4 Å². The van der Waals surface area contributed by atoms with Crippen molar-refractivity contribution >= 4 is 25.7 Å². The number of ether oxygens (including phenoxy) is 2. The third-order valence-electron chi connectivity index (χ3n) is 10.7. The van der Waals surface area contributed by atoms with Crippen molar-refractivity contribution in [3.05, 3.63) is 24.3 Å². The Morgan fingerprint density at radius 1 is 0.500 bits per heavy atom. The molecular weight excluding hydrogens is 781 g/mol. The number of hydrogen-bond acceptors (Lipinski definition) is 9. The van der Waals surface area contributed by atoms with Gasteiger partial charge in [0, 0.05) is 12.8 Å². The second-order valence-corrected chi connectivity index (χ2v) is 18.0. The second kappa shape index (κ2) is 43.6. The number of esters is 2. The molecule has 0 fully saturated rings. The van der Waals surface area contributed by atoms with Gasteiger partial charge in [0.25, 0.3) is 0 Å². The SMILES string of the molecule is CCCCCCCC/C=C\CCCCCCCCCCCC(=O)OC(COC(=O)CCCCCCCCC/C=C\CCCCCCCC)COP(=O)(O)OCC(N)C(=O)O. The van der Waals surface area contributed by atoms with Crippen LogP contribution in [0.15, 0.2) is 24.3 Å². The molecule has 0 saturated heterocycles. The third kappa shape index (κ3) is 42.6. The Hall–Kier alpha value is -2.04. The summed E-state index contributed by atoms with van der Waals surface area (Å²) in [4.78, 5) is 46.1. The van der Waals surface area contributed by atoms with E-state index >= 15 is 0 Å². The van der Waals surface area contributed by atoms with E-state index in [1.54, 1.807) is 0 Å². The fraction of sp³-hybridized carbons (Fsp3) is 0.854. The van der Waals surface area contributed by atoms with Gasteiger partial charge < -0.3 is 25.2 Å². The van der Waals surface area contributed by atoms with E-state index in [9.17, 15) is 23.8 Å². The maximum atomic E-state index is 12.7. The molecule has 0 rings (SSSR count). The molecule has 0 aromatic heterocycles. The molecule has 352 valence electrons. The van der Waals surface area contributed by atoms with Gasteiger partial charge in [-0.2, -0.15) is 0 Å². The first-order valence-corrected chi connectivity index (χ1v) is 25.9. The van der Waals surface area contributed by atoms with Gasteiger partial charge in [0.1, 0.15) is 12.6 Å². The number of carbonyl (C=O) groups excluding carboxylic acids is 2. The average Bonchev–Trinajstić information content (AvgIpc) is 3.22. The maximum Gasteiger partial charge on any atom is 0.472 e. The lowest BCUT2D eigenvalue weighted by Gasteiger charge is -2.20. The van der Waals surface area contributed by atoms with Gasteiger partial charge in [-0.3, -0.25) is 23.4 Å². The van der Waals surface area contributed by atoms with Crippen LogP contribution in [0.25, 0.3) is 0 Å². The van der Waals surface area contributed by atoms with Crippen LogP contribution in [0.4, 0.5) is 0 Å². The highest BCUT2D eigenvalue weighted by Gasteiger charge is 2.28. The minimum absolute atomic E-state index is 0.160. The zero-order valence-corrected chi connectivity index (χ0v) is 39.2. The van der Waals surface area contributed by atoms with Crippen molar-refractivity contribution in [3.8, 4) is 0 Å². The number of hydrogen-bond donors (Lipinski definition) is 3. The van der Waals surface area contributed by atoms with Gasteiger partial charge >= 0.3 is 25.7 Å². The van der Waals surface area contributed by atoms with Gasteiger partial charge in [-0.1, -0.05) is 179 Å². The number of aliphatic carboxylic acids is 1. The van der Waals surface area contributed by atoms with Gasteiger partial charge in [0.2, 0.25) is 0 Å². The number of rotatable bonds is 46. The van der Waals surface area contributed by atoms with Crippen LogP contribution in [0.2, 0.25) is 0 Å². The molecule has 0 radical (unpaired) electrons. The molecule has 0 aliphatic heterocycles. The number of carboxylic acid groups (broad SMARTS) is 1. The third-order valence-corrected chi connectivity index (χ3v) is 11.6. The summed E-state index contributed by atoms with van der Waals surface area (Å²) in [6, 6.07) is -1.52. The molecule has 3 unspecified atom stereocenters. The highest BCUT2D eigenvalue weighted by molar-refractivity contribution is 7.47. The van der Waals surface area contributed by atoms with Crippen LogP contribution in [0.5, 0.6) is 0 Å². The summed E-state index contributed by atoms with van der Waals surface area (Å²) in [6.45, 7) is 2.82. The van der Waals surface area contributed by atoms with Crippen LogP contribution in [0.1, 0.15) is 232 Å². The molecule has 0 aromatic carbocycles. The van der Waals surface area contributed by atoms with Crippen LogP contribution >= 0.6 is 7.82 Å². The van der Waals surface area contributed by atoms with E-state index in [0.717, 1.165) is 44.9 Å². The molecule has 11 nitrogen and oxygen atoms in total. The molecule has 0 saturated carbocycles. The van der Waals surface area contributed by atoms with Crippen molar-refractivity contribution in [1.82, 2.24) is 0 Å². The van der Waals surface area contributed by atoms with Crippen molar-refractivity contribution in [2.75, 3.05) is 19.8 Å². The molecule has 4 N–H and O–H groups in total. The number of nitrogens with two attached hydrogens (primary N) is 1. The smallest absolute Gasteiger partial charge is 0.472 e. The topological polar surface area (TPSA) is 172 Å². The number of phosphoric ester groups is 1. The summed E-state index contributed by atoms with van der Waals surface area (Å²) in [5.74, 6) is -2.37. The Labute approximate surface area is 366 Å². The lowest BCUT2D eigenvalue weighted by Crippen LogP contribution is -2.34. The van der Waals surface area contributed by atoms with E-state index < -0.39 is 51.1 Å². The number of unbranched alkanes of at least 4 members (excludes halogenated alkanes) is 28. The summed E-state index contributed by atoms with van der Waals surface area (Å²) in [6.07, 6.45) is 46.6. The molecule has 12 heteroatoms. The summed E-state index contributed by atoms with van der Waals surface area (Å²) in [5.41, 5.74) is 5.35. The largest absolute Gasteiger partial charge is 0.480 e. The first-order valence-electron chi connectivity index (χ1n) is 24.4. The molecule has 0 aromatic rings. The van der Waals surface area contributed by atoms with Crippen LogP contribution < -0.4 is 5.73 Å². The number of carboxylic acids is 1. The molecular formula is C48H90NO10P. The van der Waals surface area contributed by atoms with E-state index in [1.807, 2.05) is 0 Å². The second-order valence-electron chi connectivity index (χ2n) is 16.6. The molecule has 3 atom stereocenters. The van der Waals surface area contributed by atoms with Crippen LogP contribution in [-0.2, 0) is 37.5 Å². The first kappa shape index (κ1) is 58.0. The highest BCUT2D eigenvalue weighted by atomic mass is 31.2. The average molecular weight is 872 g/mol. The maximum absolute atomic E-state index is 12.7. The zero-order chi connectivity index (χ0) is 44.2. The quantitative estimate of drug-likeness (QED) is 0.0230. The Morgan fingerprint density at radius 3 is 1.22 bits per heavy atom. The number of phosphoric acid groups is 1. The molecule has 0 amide bonds.